The van der Waals surface area contributed by atoms with Gasteiger partial charge < -0.3 is 38.6 Å². The summed E-state index contributed by atoms with van der Waals surface area (Å²) < 4.78 is 160. The highest BCUT2D eigenvalue weighted by Crippen LogP contribution is 2.52. The Morgan fingerprint density at radius 3 is 1.30 bits per heavy atom. The lowest BCUT2D eigenvalue weighted by atomic mass is 9.66. The van der Waals surface area contributed by atoms with E-state index >= 15 is 0 Å². The maximum absolute atomic E-state index is 13.1. The van der Waals surface area contributed by atoms with E-state index in [9.17, 15) is 63.7 Å². The number of alkyl halides is 10. The largest absolute Gasteiger partial charge is 0.508 e. The Balaban J connectivity index is 0.000000324. The molecule has 2 unspecified atom stereocenters. The number of carbonyl (C=O) groups excluding carboxylic acids is 2. The van der Waals surface area contributed by atoms with Crippen LogP contribution in [-0.4, -0.2) is 87.0 Å². The average molecular weight is 1260 g/mol. The first-order chi connectivity index (χ1) is 41.6. The molecule has 88 heavy (non-hydrogen) atoms. The van der Waals surface area contributed by atoms with Gasteiger partial charge in [0.05, 0.1) is 13.2 Å². The van der Waals surface area contributed by atoms with E-state index in [1.54, 1.807) is 52.3 Å². The van der Waals surface area contributed by atoms with Crippen LogP contribution in [0.2, 0.25) is 0 Å². The highest BCUT2D eigenvalue weighted by atomic mass is 19.4. The van der Waals surface area contributed by atoms with Crippen molar-refractivity contribution in [3.63, 3.8) is 0 Å². The number of aromatic hydroxyl groups is 2. The molecule has 0 aliphatic carbocycles. The standard InChI is InChI=1S/C36H49F5O6.C32H41F5O4/c1-26(12-11-21-35(37,38)36(39,40)41)32(42)14-10-8-6-5-7-9-13-31-30-20-19-29(47-25-44-4)22-33(30)45-23-34(31,2)27-15-17-28(18-16-27)46-24-43-3;1-22(10-9-19-31(33,34)32(35,36)37)28(40)12-8-6-4-3-5-7-11-27-26-18-17-25(39)20-29(26)41-21-30(27,2)23-13-15-24(38)16-14-23/h15-20,22,26,31H,5-14,21,23-25H2,1-4H3;13-18,20,22,27,38-39H,3-12,19,21H2,1-2H3/t26?,31-,34-;22?,27-,30-/m11/s1. The molecule has 0 saturated heterocycles. The highest BCUT2D eigenvalue weighted by Gasteiger charge is 2.57. The predicted molar refractivity (Wildman–Crippen MR) is 317 cm³/mol. The van der Waals surface area contributed by atoms with E-state index in [-0.39, 0.29) is 85.0 Å². The summed E-state index contributed by atoms with van der Waals surface area (Å²) >= 11 is 0. The summed E-state index contributed by atoms with van der Waals surface area (Å²) in [6.07, 6.45) is -0.750. The van der Waals surface area contributed by atoms with Crippen molar-refractivity contribution in [1.29, 1.82) is 0 Å². The minimum Gasteiger partial charge on any atom is -0.508 e. The molecular weight excluding hydrogens is 1170 g/mol. The number of phenolic OH excluding ortho intramolecular Hbond substituents is 2. The highest BCUT2D eigenvalue weighted by molar-refractivity contribution is 5.81. The summed E-state index contributed by atoms with van der Waals surface area (Å²) in [7, 11) is 3.16. The number of ketones is 2. The Hall–Kier alpha value is -5.76. The third-order valence-electron chi connectivity index (χ3n) is 17.6. The van der Waals surface area contributed by atoms with E-state index in [2.05, 4.69) is 32.0 Å². The van der Waals surface area contributed by atoms with Gasteiger partial charge in [0.15, 0.2) is 13.6 Å². The Bertz CT molecular complexity index is 2740. The molecule has 0 spiro atoms. The van der Waals surface area contributed by atoms with Crippen LogP contribution in [0.4, 0.5) is 43.9 Å². The molecular formula is C68H90F10O10. The van der Waals surface area contributed by atoms with Crippen molar-refractivity contribution in [2.45, 2.75) is 216 Å². The normalized spacial score (nSPS) is 19.2. The van der Waals surface area contributed by atoms with E-state index in [4.69, 9.17) is 28.4 Å². The summed E-state index contributed by atoms with van der Waals surface area (Å²) in [6.45, 7) is 8.89. The molecule has 0 aromatic heterocycles. The number of hydrogen-bond donors (Lipinski definition) is 2. The van der Waals surface area contributed by atoms with Gasteiger partial charge in [-0.05, 0) is 110 Å². The second-order valence-electron chi connectivity index (χ2n) is 24.4. The van der Waals surface area contributed by atoms with Gasteiger partial charge in [0.25, 0.3) is 0 Å². The van der Waals surface area contributed by atoms with Gasteiger partial charge in [-0.1, -0.05) is 128 Å². The first-order valence-electron chi connectivity index (χ1n) is 30.9. The van der Waals surface area contributed by atoms with Crippen molar-refractivity contribution < 1.29 is 92.1 Å². The fraction of sp³-hybridized carbons (Fsp3) is 0.618. The lowest BCUT2D eigenvalue weighted by Gasteiger charge is -2.43. The van der Waals surface area contributed by atoms with E-state index in [1.807, 2.05) is 42.5 Å². The van der Waals surface area contributed by atoms with Crippen molar-refractivity contribution in [2.24, 2.45) is 11.8 Å². The monoisotopic (exact) mass is 1260 g/mol. The lowest BCUT2D eigenvalue weighted by Crippen LogP contribution is -2.40. The number of halogens is 10. The summed E-state index contributed by atoms with van der Waals surface area (Å²) in [5.41, 5.74) is 3.84. The molecule has 6 rings (SSSR count). The number of Topliss-reactive ketones (excluding diaryl/α,β-unsaturated/α-hetero) is 2. The number of fused-ring (bicyclic) bond motifs is 2. The molecule has 2 aliphatic rings. The third-order valence-corrected chi connectivity index (χ3v) is 17.6. The molecule has 6 atom stereocenters. The van der Waals surface area contributed by atoms with Crippen LogP contribution in [0, 0.1) is 11.8 Å². The minimum absolute atomic E-state index is 0.0303. The molecule has 4 aromatic carbocycles. The maximum atomic E-state index is 13.1. The Kier molecular flexibility index (Phi) is 28.1. The molecule has 2 N–H and O–H groups in total. The third kappa shape index (κ3) is 21.2. The number of methoxy groups -OCH3 is 2. The van der Waals surface area contributed by atoms with Crippen LogP contribution in [0.15, 0.2) is 84.9 Å². The van der Waals surface area contributed by atoms with Crippen molar-refractivity contribution in [2.75, 3.05) is 41.0 Å². The van der Waals surface area contributed by atoms with Crippen LogP contribution in [-0.2, 0) is 29.9 Å². The number of hydrogen-bond acceptors (Lipinski definition) is 10. The second-order valence-corrected chi connectivity index (χ2v) is 24.4. The summed E-state index contributed by atoms with van der Waals surface area (Å²) in [5, 5.41) is 19.7. The first-order valence-corrected chi connectivity index (χ1v) is 30.9. The molecule has 492 valence electrons. The number of rotatable bonds is 36. The van der Waals surface area contributed by atoms with Gasteiger partial charge in [-0.2, -0.15) is 43.9 Å². The summed E-state index contributed by atoms with van der Waals surface area (Å²) in [6, 6.07) is 26.5. The molecule has 2 aliphatic heterocycles. The fourth-order valence-corrected chi connectivity index (χ4v) is 11.9. The van der Waals surface area contributed by atoms with E-state index in [0.717, 1.165) is 111 Å². The zero-order chi connectivity index (χ0) is 64.8. The van der Waals surface area contributed by atoms with E-state index in [1.165, 1.54) is 0 Å². The van der Waals surface area contributed by atoms with Crippen molar-refractivity contribution in [1.82, 2.24) is 0 Å². The van der Waals surface area contributed by atoms with Gasteiger partial charge in [0, 0.05) is 86.5 Å². The molecule has 20 heteroatoms. The van der Waals surface area contributed by atoms with E-state index < -0.39 is 48.9 Å². The van der Waals surface area contributed by atoms with Crippen molar-refractivity contribution in [3.05, 3.63) is 107 Å². The van der Waals surface area contributed by atoms with Gasteiger partial charge in [-0.3, -0.25) is 9.59 Å². The van der Waals surface area contributed by atoms with Crippen LogP contribution < -0.4 is 18.9 Å². The molecule has 4 aromatic rings. The average Bonchev–Trinajstić information content (AvgIpc) is 1.68. The van der Waals surface area contributed by atoms with Crippen LogP contribution in [0.1, 0.15) is 203 Å². The number of unbranched alkanes of at least 4 members (excludes halogenated alkanes) is 10. The van der Waals surface area contributed by atoms with Crippen molar-refractivity contribution >= 4 is 11.6 Å². The summed E-state index contributed by atoms with van der Waals surface area (Å²) in [5.74, 6) is -6.98. The fourth-order valence-electron chi connectivity index (χ4n) is 11.9. The van der Waals surface area contributed by atoms with Gasteiger partial charge in [0.1, 0.15) is 46.1 Å². The molecule has 2 heterocycles. The quantitative estimate of drug-likeness (QED) is 0.0258. The first kappa shape index (κ1) is 73.0. The van der Waals surface area contributed by atoms with E-state index in [0.29, 0.717) is 50.4 Å². The zero-order valence-corrected chi connectivity index (χ0v) is 51.7. The van der Waals surface area contributed by atoms with Crippen LogP contribution in [0.3, 0.4) is 0 Å². The van der Waals surface area contributed by atoms with Crippen LogP contribution in [0.5, 0.6) is 34.5 Å². The Labute approximate surface area is 512 Å². The molecule has 10 nitrogen and oxygen atoms in total. The lowest BCUT2D eigenvalue weighted by molar-refractivity contribution is -0.284. The number of benzene rings is 4. The smallest absolute Gasteiger partial charge is 0.453 e. The maximum Gasteiger partial charge on any atom is 0.453 e. The Morgan fingerprint density at radius 2 is 0.864 bits per heavy atom. The molecule has 0 amide bonds. The topological polar surface area (TPSA) is 130 Å². The molecule has 0 fully saturated rings. The predicted octanol–water partition coefficient (Wildman–Crippen LogP) is 19.0. The summed E-state index contributed by atoms with van der Waals surface area (Å²) in [4.78, 5) is 24.7. The minimum atomic E-state index is -5.55. The Morgan fingerprint density at radius 1 is 0.500 bits per heavy atom. The zero-order valence-electron chi connectivity index (χ0n) is 51.7. The van der Waals surface area contributed by atoms with Gasteiger partial charge in [-0.15, -0.1) is 0 Å². The van der Waals surface area contributed by atoms with Gasteiger partial charge >= 0.3 is 24.2 Å². The van der Waals surface area contributed by atoms with Gasteiger partial charge in [0.2, 0.25) is 0 Å². The number of phenols is 2. The van der Waals surface area contributed by atoms with Crippen LogP contribution >= 0.6 is 0 Å². The molecule has 0 radical (unpaired) electrons. The number of ether oxygens (including phenoxy) is 6. The molecule has 0 saturated carbocycles. The number of carbonyl (C=O) groups is 2. The second kappa shape index (κ2) is 33.9. The van der Waals surface area contributed by atoms with Gasteiger partial charge in [-0.25, -0.2) is 0 Å². The molecule has 0 bridgehead atoms. The SMILES string of the molecule is CC(CCCC(F)(F)C(F)(F)F)C(=O)CCCCCCCC[C@@H]1c2ccc(O)cc2OC[C@]1(C)c1ccc(O)cc1.COCOc1ccc([C@@]2(C)COc3cc(OCOC)ccc3[C@H]2CCCCCCCCC(=O)C(C)CCCC(F)(F)C(F)(F)F)cc1. The van der Waals surface area contributed by atoms with Crippen molar-refractivity contribution in [3.8, 4) is 34.5 Å². The van der Waals surface area contributed by atoms with Crippen LogP contribution in [0.25, 0.3) is 0 Å².